The maximum absolute atomic E-state index is 10.9. The van der Waals surface area contributed by atoms with E-state index in [4.69, 9.17) is 10.6 Å². The predicted octanol–water partition coefficient (Wildman–Crippen LogP) is 1.03. The fourth-order valence-electron chi connectivity index (χ4n) is 1.88. The average Bonchev–Trinajstić information content (AvgIpc) is 2.28. The van der Waals surface area contributed by atoms with E-state index in [0.717, 1.165) is 16.9 Å². The van der Waals surface area contributed by atoms with E-state index in [9.17, 15) is 4.79 Å². The molecule has 0 atom stereocenters. The van der Waals surface area contributed by atoms with Crippen molar-refractivity contribution in [2.75, 3.05) is 13.7 Å². The van der Waals surface area contributed by atoms with Crippen LogP contribution in [0.1, 0.15) is 16.7 Å². The van der Waals surface area contributed by atoms with Gasteiger partial charge in [-0.1, -0.05) is 17.7 Å². The molecule has 0 bridgehead atoms. The lowest BCUT2D eigenvalue weighted by molar-refractivity contribution is 0.241. The second-order valence-corrected chi connectivity index (χ2v) is 3.92. The highest BCUT2D eigenvalue weighted by Crippen LogP contribution is 2.25. The van der Waals surface area contributed by atoms with Gasteiger partial charge in [-0.2, -0.15) is 0 Å². The Morgan fingerprint density at radius 2 is 2.12 bits per heavy atom. The maximum Gasteiger partial charge on any atom is 0.328 e. The van der Waals surface area contributed by atoms with Gasteiger partial charge in [0, 0.05) is 6.54 Å². The number of benzene rings is 1. The first-order valence-electron chi connectivity index (χ1n) is 5.47. The van der Waals surface area contributed by atoms with Crippen LogP contribution in [0.5, 0.6) is 5.75 Å². The molecular weight excluding hydrogens is 218 g/mol. The molecule has 94 valence electrons. The maximum atomic E-state index is 10.9. The van der Waals surface area contributed by atoms with Crippen LogP contribution in [0.25, 0.3) is 0 Å². The third-order valence-electron chi connectivity index (χ3n) is 2.51. The number of hydrogen-bond acceptors (Lipinski definition) is 3. The summed E-state index contributed by atoms with van der Waals surface area (Å²) in [5.74, 6) is 5.85. The van der Waals surface area contributed by atoms with Crippen molar-refractivity contribution in [3.63, 3.8) is 0 Å². The number of amides is 2. The van der Waals surface area contributed by atoms with Crippen molar-refractivity contribution in [1.82, 2.24) is 10.7 Å². The molecule has 1 rings (SSSR count). The number of rotatable bonds is 4. The highest BCUT2D eigenvalue weighted by molar-refractivity contribution is 5.73. The van der Waals surface area contributed by atoms with Crippen molar-refractivity contribution in [3.05, 3.63) is 28.8 Å². The lowest BCUT2D eigenvalue weighted by Crippen LogP contribution is -2.40. The standard InChI is InChI=1S/C12H19N3O2/c1-8-6-9(2)11(17-3)10(7-8)4-5-14-12(16)15-13/h6-7H,4-5,13H2,1-3H3,(H2,14,15,16). The van der Waals surface area contributed by atoms with Crippen molar-refractivity contribution < 1.29 is 9.53 Å². The van der Waals surface area contributed by atoms with Crippen molar-refractivity contribution in [2.45, 2.75) is 20.3 Å². The minimum atomic E-state index is -0.381. The van der Waals surface area contributed by atoms with Crippen LogP contribution >= 0.6 is 0 Å². The average molecular weight is 237 g/mol. The summed E-state index contributed by atoms with van der Waals surface area (Å²) in [5, 5.41) is 2.64. The predicted molar refractivity (Wildman–Crippen MR) is 66.9 cm³/mol. The van der Waals surface area contributed by atoms with E-state index < -0.39 is 0 Å². The topological polar surface area (TPSA) is 76.4 Å². The molecule has 5 heteroatoms. The summed E-state index contributed by atoms with van der Waals surface area (Å²) < 4.78 is 5.36. The number of hydrazine groups is 1. The number of carbonyl (C=O) groups excluding carboxylic acids is 1. The molecule has 0 saturated heterocycles. The van der Waals surface area contributed by atoms with Gasteiger partial charge in [0.05, 0.1) is 7.11 Å². The van der Waals surface area contributed by atoms with Crippen LogP contribution in [0.3, 0.4) is 0 Å². The first-order chi connectivity index (χ1) is 8.08. The second-order valence-electron chi connectivity index (χ2n) is 3.92. The number of nitrogens with one attached hydrogen (secondary N) is 2. The van der Waals surface area contributed by atoms with Crippen LogP contribution in [0, 0.1) is 13.8 Å². The fraction of sp³-hybridized carbons (Fsp3) is 0.417. The van der Waals surface area contributed by atoms with Crippen molar-refractivity contribution >= 4 is 6.03 Å². The van der Waals surface area contributed by atoms with E-state index >= 15 is 0 Å². The summed E-state index contributed by atoms with van der Waals surface area (Å²) >= 11 is 0. The third kappa shape index (κ3) is 3.64. The van der Waals surface area contributed by atoms with Crippen LogP contribution in [-0.4, -0.2) is 19.7 Å². The summed E-state index contributed by atoms with van der Waals surface area (Å²) in [4.78, 5) is 10.9. The Balaban J connectivity index is 2.72. The van der Waals surface area contributed by atoms with Gasteiger partial charge in [-0.05, 0) is 31.4 Å². The summed E-state index contributed by atoms with van der Waals surface area (Å²) in [7, 11) is 1.65. The molecule has 0 aliphatic rings. The summed E-state index contributed by atoms with van der Waals surface area (Å²) in [6, 6.07) is 3.75. The van der Waals surface area contributed by atoms with E-state index in [1.165, 1.54) is 5.56 Å². The number of nitrogens with two attached hydrogens (primary N) is 1. The molecule has 4 N–H and O–H groups in total. The monoisotopic (exact) mass is 237 g/mol. The Hall–Kier alpha value is -1.75. The van der Waals surface area contributed by atoms with E-state index in [1.807, 2.05) is 19.3 Å². The van der Waals surface area contributed by atoms with Crippen LogP contribution < -0.4 is 21.3 Å². The summed E-state index contributed by atoms with van der Waals surface area (Å²) in [6.45, 7) is 4.56. The Kier molecular flexibility index (Phi) is 4.78. The van der Waals surface area contributed by atoms with Crippen LogP contribution in [0.2, 0.25) is 0 Å². The normalized spacial score (nSPS) is 9.88. The number of carbonyl (C=O) groups is 1. The molecule has 0 aliphatic heterocycles. The number of aryl methyl sites for hydroxylation is 2. The molecule has 0 saturated carbocycles. The molecule has 0 radical (unpaired) electrons. The second kappa shape index (κ2) is 6.10. The van der Waals surface area contributed by atoms with Gasteiger partial charge in [0.15, 0.2) is 0 Å². The Bertz CT molecular complexity index is 405. The van der Waals surface area contributed by atoms with Crippen LogP contribution in [0.15, 0.2) is 12.1 Å². The number of methoxy groups -OCH3 is 1. The lowest BCUT2D eigenvalue weighted by Gasteiger charge is -2.13. The minimum absolute atomic E-state index is 0.381. The molecule has 1 aromatic carbocycles. The first-order valence-corrected chi connectivity index (χ1v) is 5.47. The lowest BCUT2D eigenvalue weighted by atomic mass is 10.0. The SMILES string of the molecule is COc1c(C)cc(C)cc1CCNC(=O)NN. The molecule has 0 aliphatic carbocycles. The number of hydrogen-bond donors (Lipinski definition) is 3. The number of urea groups is 1. The fourth-order valence-corrected chi connectivity index (χ4v) is 1.88. The van der Waals surface area contributed by atoms with Crippen molar-refractivity contribution in [2.24, 2.45) is 5.84 Å². The minimum Gasteiger partial charge on any atom is -0.496 e. The molecule has 0 spiro atoms. The largest absolute Gasteiger partial charge is 0.496 e. The Morgan fingerprint density at radius 3 is 2.71 bits per heavy atom. The zero-order valence-corrected chi connectivity index (χ0v) is 10.5. The highest BCUT2D eigenvalue weighted by atomic mass is 16.5. The van der Waals surface area contributed by atoms with Crippen molar-refractivity contribution in [1.29, 1.82) is 0 Å². The van der Waals surface area contributed by atoms with Crippen LogP contribution in [0.4, 0.5) is 4.79 Å². The smallest absolute Gasteiger partial charge is 0.328 e. The quantitative estimate of drug-likeness (QED) is 0.416. The molecule has 2 amide bonds. The van der Waals surface area contributed by atoms with E-state index in [-0.39, 0.29) is 6.03 Å². The van der Waals surface area contributed by atoms with Gasteiger partial charge in [-0.3, -0.25) is 5.43 Å². The van der Waals surface area contributed by atoms with Gasteiger partial charge in [0.25, 0.3) is 0 Å². The van der Waals surface area contributed by atoms with Gasteiger partial charge in [0.2, 0.25) is 0 Å². The zero-order chi connectivity index (χ0) is 12.8. The number of ether oxygens (including phenoxy) is 1. The molecule has 5 nitrogen and oxygen atoms in total. The van der Waals surface area contributed by atoms with Gasteiger partial charge < -0.3 is 10.1 Å². The molecule has 0 heterocycles. The molecule has 0 fully saturated rings. The van der Waals surface area contributed by atoms with Gasteiger partial charge >= 0.3 is 6.03 Å². The van der Waals surface area contributed by atoms with E-state index in [0.29, 0.717) is 13.0 Å². The van der Waals surface area contributed by atoms with Gasteiger partial charge in [-0.15, -0.1) is 0 Å². The molecule has 1 aromatic rings. The van der Waals surface area contributed by atoms with Gasteiger partial charge in [-0.25, -0.2) is 10.6 Å². The summed E-state index contributed by atoms with van der Waals surface area (Å²) in [5.41, 5.74) is 5.39. The molecule has 17 heavy (non-hydrogen) atoms. The Labute approximate surface area is 101 Å². The molecule has 0 aromatic heterocycles. The Morgan fingerprint density at radius 1 is 1.41 bits per heavy atom. The van der Waals surface area contributed by atoms with E-state index in [2.05, 4.69) is 17.4 Å². The van der Waals surface area contributed by atoms with Crippen LogP contribution in [-0.2, 0) is 6.42 Å². The summed E-state index contributed by atoms with van der Waals surface area (Å²) in [6.07, 6.45) is 0.707. The zero-order valence-electron chi connectivity index (χ0n) is 10.5. The molecular formula is C12H19N3O2. The van der Waals surface area contributed by atoms with E-state index in [1.54, 1.807) is 7.11 Å². The highest BCUT2D eigenvalue weighted by Gasteiger charge is 2.07. The van der Waals surface area contributed by atoms with Crippen molar-refractivity contribution in [3.8, 4) is 5.75 Å². The third-order valence-corrected chi connectivity index (χ3v) is 2.51. The molecule has 0 unspecified atom stereocenters. The first kappa shape index (κ1) is 13.3. The van der Waals surface area contributed by atoms with Gasteiger partial charge in [0.1, 0.15) is 5.75 Å².